The van der Waals surface area contributed by atoms with Gasteiger partial charge in [-0.1, -0.05) is 6.07 Å². The molecule has 1 aliphatic rings. The zero-order chi connectivity index (χ0) is 19.1. The van der Waals surface area contributed by atoms with E-state index in [2.05, 4.69) is 0 Å². The number of fused-ring (bicyclic) bond motifs is 2. The molecule has 2 aromatic carbocycles. The minimum atomic E-state index is -0.134. The molecular formula is C21H22ClNO5. The highest BCUT2D eigenvalue weighted by Crippen LogP contribution is 2.36. The molecule has 4 rings (SSSR count). The van der Waals surface area contributed by atoms with Crippen molar-refractivity contribution in [3.05, 3.63) is 51.9 Å². The van der Waals surface area contributed by atoms with E-state index in [4.69, 9.17) is 13.9 Å². The van der Waals surface area contributed by atoms with E-state index in [1.54, 1.807) is 31.2 Å². The molecule has 0 amide bonds. The van der Waals surface area contributed by atoms with Gasteiger partial charge < -0.3 is 23.9 Å². The van der Waals surface area contributed by atoms with Crippen LogP contribution in [0.15, 0.2) is 39.5 Å². The Kier molecular flexibility index (Phi) is 5.54. The monoisotopic (exact) mass is 403 g/mol. The number of halogens is 1. The quantitative estimate of drug-likeness (QED) is 0.718. The minimum Gasteiger partial charge on any atom is -0.507 e. The van der Waals surface area contributed by atoms with E-state index < -0.39 is 0 Å². The molecule has 7 heteroatoms. The molecule has 0 saturated carbocycles. The van der Waals surface area contributed by atoms with Crippen molar-refractivity contribution in [3.63, 3.8) is 0 Å². The van der Waals surface area contributed by atoms with Crippen LogP contribution in [0.5, 0.6) is 17.2 Å². The zero-order valence-corrected chi connectivity index (χ0v) is 16.8. The normalized spacial score (nSPS) is 12.9. The van der Waals surface area contributed by atoms with Gasteiger partial charge in [0, 0.05) is 6.54 Å². The predicted octanol–water partition coefficient (Wildman–Crippen LogP) is 3.73. The van der Waals surface area contributed by atoms with Crippen LogP contribution in [0, 0.1) is 6.92 Å². The molecule has 28 heavy (non-hydrogen) atoms. The standard InChI is InChI=1S/C21H21NO5.ClH/c1-12-19(13-4-7-17-18(10-13)26-9-8-25-17)20(24)14-5-6-16(23)15(11-22(2)3)21(14)27-12;/h4-7,10,23H,8-9,11H2,1-3H3;1H. The molecule has 0 fully saturated rings. The van der Waals surface area contributed by atoms with Gasteiger partial charge in [-0.15, -0.1) is 12.4 Å². The number of aryl methyl sites for hydroxylation is 1. The number of aromatic hydroxyl groups is 1. The summed E-state index contributed by atoms with van der Waals surface area (Å²) < 4.78 is 17.2. The summed E-state index contributed by atoms with van der Waals surface area (Å²) in [6, 6.07) is 8.60. The average Bonchev–Trinajstić information content (AvgIpc) is 2.64. The maximum absolute atomic E-state index is 13.2. The molecule has 0 saturated heterocycles. The van der Waals surface area contributed by atoms with E-state index in [1.807, 2.05) is 25.1 Å². The topological polar surface area (TPSA) is 72.1 Å². The van der Waals surface area contributed by atoms with Crippen molar-refractivity contribution in [3.8, 4) is 28.4 Å². The molecule has 0 atom stereocenters. The molecule has 2 heterocycles. The van der Waals surface area contributed by atoms with Crippen LogP contribution in [0.3, 0.4) is 0 Å². The highest BCUT2D eigenvalue weighted by molar-refractivity contribution is 5.87. The second kappa shape index (κ2) is 7.73. The number of phenols is 1. The first-order chi connectivity index (χ1) is 13.0. The van der Waals surface area contributed by atoms with Crippen molar-refractivity contribution in [1.82, 2.24) is 4.90 Å². The largest absolute Gasteiger partial charge is 0.507 e. The molecule has 0 bridgehead atoms. The SMILES string of the molecule is Cc1oc2c(CN(C)C)c(O)ccc2c(=O)c1-c1ccc2c(c1)OCCO2.Cl. The third kappa shape index (κ3) is 3.41. The average molecular weight is 404 g/mol. The lowest BCUT2D eigenvalue weighted by molar-refractivity contribution is 0.171. The Morgan fingerprint density at radius 1 is 1.07 bits per heavy atom. The van der Waals surface area contributed by atoms with Gasteiger partial charge in [0.1, 0.15) is 30.3 Å². The van der Waals surface area contributed by atoms with Gasteiger partial charge in [-0.25, -0.2) is 0 Å². The summed E-state index contributed by atoms with van der Waals surface area (Å²) in [6.45, 7) is 3.22. The summed E-state index contributed by atoms with van der Waals surface area (Å²) in [5.74, 6) is 1.91. The summed E-state index contributed by atoms with van der Waals surface area (Å²) in [5.41, 5.74) is 2.10. The highest BCUT2D eigenvalue weighted by atomic mass is 35.5. The Morgan fingerprint density at radius 3 is 2.50 bits per heavy atom. The van der Waals surface area contributed by atoms with Crippen molar-refractivity contribution >= 4 is 23.4 Å². The van der Waals surface area contributed by atoms with Crippen LogP contribution in [-0.2, 0) is 6.54 Å². The molecule has 1 aliphatic heterocycles. The smallest absolute Gasteiger partial charge is 0.200 e. The number of hydrogen-bond donors (Lipinski definition) is 1. The fourth-order valence-electron chi connectivity index (χ4n) is 3.41. The maximum atomic E-state index is 13.2. The van der Waals surface area contributed by atoms with E-state index in [-0.39, 0.29) is 23.6 Å². The minimum absolute atomic E-state index is 0. The third-order valence-electron chi connectivity index (χ3n) is 4.62. The molecule has 1 N–H and O–H groups in total. The van der Waals surface area contributed by atoms with E-state index >= 15 is 0 Å². The van der Waals surface area contributed by atoms with Crippen LogP contribution >= 0.6 is 12.4 Å². The van der Waals surface area contributed by atoms with Crippen LogP contribution in [0.4, 0.5) is 0 Å². The Bertz CT molecular complexity index is 1090. The number of hydrogen-bond acceptors (Lipinski definition) is 6. The van der Waals surface area contributed by atoms with Crippen molar-refractivity contribution in [2.24, 2.45) is 0 Å². The number of nitrogens with zero attached hydrogens (tertiary/aromatic N) is 1. The van der Waals surface area contributed by atoms with Gasteiger partial charge in [-0.05, 0) is 50.8 Å². The molecule has 0 aliphatic carbocycles. The van der Waals surface area contributed by atoms with Crippen LogP contribution < -0.4 is 14.9 Å². The molecule has 148 valence electrons. The first-order valence-corrected chi connectivity index (χ1v) is 8.78. The summed E-state index contributed by atoms with van der Waals surface area (Å²) in [5, 5.41) is 10.7. The van der Waals surface area contributed by atoms with E-state index in [0.29, 0.717) is 59.1 Å². The summed E-state index contributed by atoms with van der Waals surface area (Å²) in [6.07, 6.45) is 0. The molecule has 0 unspecified atom stereocenters. The lowest BCUT2D eigenvalue weighted by atomic mass is 10.0. The van der Waals surface area contributed by atoms with Crippen molar-refractivity contribution < 1.29 is 19.0 Å². The van der Waals surface area contributed by atoms with Crippen LogP contribution in [0.25, 0.3) is 22.1 Å². The van der Waals surface area contributed by atoms with Gasteiger partial charge in [-0.3, -0.25) is 4.79 Å². The molecule has 0 spiro atoms. The van der Waals surface area contributed by atoms with Crippen molar-refractivity contribution in [1.29, 1.82) is 0 Å². The van der Waals surface area contributed by atoms with Crippen molar-refractivity contribution in [2.45, 2.75) is 13.5 Å². The Balaban J connectivity index is 0.00000225. The summed E-state index contributed by atoms with van der Waals surface area (Å²) in [4.78, 5) is 15.2. The molecule has 3 aromatic rings. The van der Waals surface area contributed by atoms with E-state index in [9.17, 15) is 9.90 Å². The Morgan fingerprint density at radius 2 is 1.79 bits per heavy atom. The fourth-order valence-corrected chi connectivity index (χ4v) is 3.41. The number of benzene rings is 2. The van der Waals surface area contributed by atoms with Crippen molar-refractivity contribution in [2.75, 3.05) is 27.3 Å². The Labute approximate surface area is 168 Å². The lowest BCUT2D eigenvalue weighted by Gasteiger charge is -2.19. The van der Waals surface area contributed by atoms with Gasteiger partial charge in [0.25, 0.3) is 0 Å². The number of phenolic OH excluding ortho intramolecular Hbond substituents is 1. The summed E-state index contributed by atoms with van der Waals surface area (Å²) in [7, 11) is 3.79. The first-order valence-electron chi connectivity index (χ1n) is 8.78. The maximum Gasteiger partial charge on any atom is 0.200 e. The lowest BCUT2D eigenvalue weighted by Crippen LogP contribution is -2.16. The van der Waals surface area contributed by atoms with Crippen LogP contribution in [0.2, 0.25) is 0 Å². The predicted molar refractivity (Wildman–Crippen MR) is 110 cm³/mol. The highest BCUT2D eigenvalue weighted by Gasteiger charge is 2.20. The van der Waals surface area contributed by atoms with E-state index in [0.717, 1.165) is 5.56 Å². The fraction of sp³-hybridized carbons (Fsp3) is 0.286. The zero-order valence-electron chi connectivity index (χ0n) is 15.9. The molecule has 0 radical (unpaired) electrons. The van der Waals surface area contributed by atoms with Gasteiger partial charge in [0.2, 0.25) is 5.43 Å². The van der Waals surface area contributed by atoms with Crippen LogP contribution in [-0.4, -0.2) is 37.3 Å². The van der Waals surface area contributed by atoms with Gasteiger partial charge >= 0.3 is 0 Å². The second-order valence-corrected chi connectivity index (χ2v) is 6.90. The molecule has 1 aromatic heterocycles. The molecule has 6 nitrogen and oxygen atoms in total. The van der Waals surface area contributed by atoms with Gasteiger partial charge in [0.05, 0.1) is 16.5 Å². The molecular weight excluding hydrogens is 382 g/mol. The second-order valence-electron chi connectivity index (χ2n) is 6.90. The van der Waals surface area contributed by atoms with Crippen LogP contribution in [0.1, 0.15) is 11.3 Å². The third-order valence-corrected chi connectivity index (χ3v) is 4.62. The number of ether oxygens (including phenoxy) is 2. The van der Waals surface area contributed by atoms with Gasteiger partial charge in [-0.2, -0.15) is 0 Å². The summed E-state index contributed by atoms with van der Waals surface area (Å²) >= 11 is 0. The Hall–Kier alpha value is -2.70. The first kappa shape index (κ1) is 20.0. The van der Waals surface area contributed by atoms with Gasteiger partial charge in [0.15, 0.2) is 11.5 Å². The van der Waals surface area contributed by atoms with E-state index in [1.165, 1.54) is 0 Å². The number of rotatable bonds is 3.